The smallest absolute Gasteiger partial charge is 0.462 e. The van der Waals surface area contributed by atoms with Crippen molar-refractivity contribution >= 4 is 39.5 Å². The molecule has 0 spiro atoms. The van der Waals surface area contributed by atoms with Gasteiger partial charge in [-0.15, -0.1) is 0 Å². The quantitative estimate of drug-likeness (QED) is 0.0222. The van der Waals surface area contributed by atoms with E-state index in [4.69, 9.17) is 37.0 Å². The highest BCUT2D eigenvalue weighted by Gasteiger charge is 2.30. The highest BCUT2D eigenvalue weighted by molar-refractivity contribution is 7.47. The number of unbranched alkanes of at least 4 members (excludes halogenated alkanes) is 30. The maximum absolute atomic E-state index is 13.0. The highest BCUT2D eigenvalue weighted by Crippen LogP contribution is 2.45. The van der Waals surface area contributed by atoms with Crippen molar-refractivity contribution in [1.29, 1.82) is 0 Å². The molecule has 6 atom stereocenters. The minimum absolute atomic E-state index is 0.102. The Balaban J connectivity index is 5.17. The van der Waals surface area contributed by atoms with Gasteiger partial charge < -0.3 is 33.8 Å². The summed E-state index contributed by atoms with van der Waals surface area (Å²) in [5.41, 5.74) is 0. The Morgan fingerprint density at radius 1 is 0.345 bits per heavy atom. The number of esters is 4. The van der Waals surface area contributed by atoms with Crippen molar-refractivity contribution in [2.45, 2.75) is 336 Å². The van der Waals surface area contributed by atoms with Crippen LogP contribution in [0, 0.1) is 17.8 Å². The molecule has 0 radical (unpaired) electrons. The lowest BCUT2D eigenvalue weighted by atomic mass is 10.00. The molecule has 84 heavy (non-hydrogen) atoms. The van der Waals surface area contributed by atoms with Crippen molar-refractivity contribution in [2.75, 3.05) is 39.6 Å². The van der Waals surface area contributed by atoms with E-state index in [9.17, 15) is 43.2 Å². The SMILES string of the molecule is CCCCCCCC(=O)OC[C@H](COP(=O)(O)OC[C@H](O)COP(=O)(O)OC[C@@H](COC(=O)CCCCCCCCCCCC(C)C)OC(=O)CCCCCCCCCCCCCCCCC(C)C)OC(=O)CCCCCCCCC(C)CC. The van der Waals surface area contributed by atoms with Crippen LogP contribution in [0.25, 0.3) is 0 Å². The van der Waals surface area contributed by atoms with Crippen LogP contribution in [0.5, 0.6) is 0 Å². The molecule has 3 N–H and O–H groups in total. The number of aliphatic hydroxyl groups is 1. The van der Waals surface area contributed by atoms with Gasteiger partial charge in [-0.05, 0) is 43.4 Å². The maximum Gasteiger partial charge on any atom is 0.472 e. The van der Waals surface area contributed by atoms with Gasteiger partial charge in [-0.1, -0.05) is 267 Å². The second-order valence-corrected chi connectivity index (χ2v) is 27.6. The number of carbonyl (C=O) groups excluding carboxylic acids is 4. The van der Waals surface area contributed by atoms with Crippen LogP contribution in [-0.2, 0) is 65.4 Å². The molecule has 0 aromatic heterocycles. The van der Waals surface area contributed by atoms with Gasteiger partial charge in [0.25, 0.3) is 0 Å². The summed E-state index contributed by atoms with van der Waals surface area (Å²) in [5, 5.41) is 10.5. The average Bonchev–Trinajstić information content (AvgIpc) is 3.54. The zero-order chi connectivity index (χ0) is 62.4. The summed E-state index contributed by atoms with van der Waals surface area (Å²) in [6.45, 7) is 11.7. The number of hydrogen-bond donors (Lipinski definition) is 3. The first kappa shape index (κ1) is 82.1. The van der Waals surface area contributed by atoms with E-state index < -0.39 is 97.5 Å². The van der Waals surface area contributed by atoms with Gasteiger partial charge in [0, 0.05) is 25.7 Å². The fraction of sp³-hybridized carbons (Fsp3) is 0.938. The molecule has 0 rings (SSSR count). The molecule has 0 saturated carbocycles. The van der Waals surface area contributed by atoms with Crippen molar-refractivity contribution in [2.24, 2.45) is 17.8 Å². The Labute approximate surface area is 511 Å². The summed E-state index contributed by atoms with van der Waals surface area (Å²) < 4.78 is 67.8. The van der Waals surface area contributed by atoms with Crippen molar-refractivity contribution in [3.8, 4) is 0 Å². The summed E-state index contributed by atoms with van der Waals surface area (Å²) in [7, 11) is -9.88. The lowest BCUT2D eigenvalue weighted by Crippen LogP contribution is -2.30. The zero-order valence-electron chi connectivity index (χ0n) is 54.4. The minimum Gasteiger partial charge on any atom is -0.462 e. The predicted molar refractivity (Wildman–Crippen MR) is 335 cm³/mol. The van der Waals surface area contributed by atoms with Gasteiger partial charge in [-0.2, -0.15) is 0 Å². The zero-order valence-corrected chi connectivity index (χ0v) is 56.1. The second-order valence-electron chi connectivity index (χ2n) is 24.7. The fourth-order valence-electron chi connectivity index (χ4n) is 9.62. The Morgan fingerprint density at radius 3 is 0.905 bits per heavy atom. The third-order valence-corrected chi connectivity index (χ3v) is 17.1. The lowest BCUT2D eigenvalue weighted by molar-refractivity contribution is -0.161. The van der Waals surface area contributed by atoms with Crippen molar-refractivity contribution in [3.63, 3.8) is 0 Å². The molecule has 0 amide bonds. The van der Waals surface area contributed by atoms with E-state index in [1.165, 1.54) is 122 Å². The second kappa shape index (κ2) is 56.3. The van der Waals surface area contributed by atoms with E-state index >= 15 is 0 Å². The number of ether oxygens (including phenoxy) is 4. The van der Waals surface area contributed by atoms with Gasteiger partial charge in [-0.25, -0.2) is 9.13 Å². The molecule has 0 aromatic rings. The van der Waals surface area contributed by atoms with E-state index in [0.717, 1.165) is 114 Å². The summed E-state index contributed by atoms with van der Waals surface area (Å²) in [5.74, 6) is 0.112. The van der Waals surface area contributed by atoms with Crippen molar-refractivity contribution in [3.05, 3.63) is 0 Å². The number of phosphoric acid groups is 2. The van der Waals surface area contributed by atoms with Crippen LogP contribution in [0.1, 0.15) is 318 Å². The molecule has 19 heteroatoms. The normalized spacial score (nSPS) is 14.7. The van der Waals surface area contributed by atoms with Crippen LogP contribution in [0.3, 0.4) is 0 Å². The lowest BCUT2D eigenvalue weighted by Gasteiger charge is -2.21. The van der Waals surface area contributed by atoms with Crippen LogP contribution in [0.2, 0.25) is 0 Å². The molecule has 17 nitrogen and oxygen atoms in total. The molecule has 0 saturated heterocycles. The molecule has 0 bridgehead atoms. The number of aliphatic hydroxyl groups excluding tert-OH is 1. The van der Waals surface area contributed by atoms with Gasteiger partial charge in [0.05, 0.1) is 26.4 Å². The van der Waals surface area contributed by atoms with Crippen LogP contribution in [0.15, 0.2) is 0 Å². The maximum atomic E-state index is 13.0. The van der Waals surface area contributed by atoms with Crippen LogP contribution < -0.4 is 0 Å². The van der Waals surface area contributed by atoms with Crippen LogP contribution in [-0.4, -0.2) is 96.7 Å². The Kier molecular flexibility index (Phi) is 55.0. The summed E-state index contributed by atoms with van der Waals surface area (Å²) >= 11 is 0. The molecule has 0 heterocycles. The van der Waals surface area contributed by atoms with Crippen molar-refractivity contribution < 1.29 is 80.2 Å². The summed E-state index contributed by atoms with van der Waals surface area (Å²) in [4.78, 5) is 72.0. The molecular formula is C65H126O17P2. The Bertz CT molecular complexity index is 1670. The standard InChI is InChI=1S/C65H126O17P2/c1-8-10-11-29-39-46-62(67)75-52-60(82-65(70)49-42-35-28-27-32-38-45-58(7)9-2)54-79-83(71,72)77-50-59(66)51-78-84(73,74)80-55-61(53-76-63(68)47-40-33-25-22-18-20-24-31-37-44-57(5)6)81-64(69)48-41-34-26-21-17-15-13-12-14-16-19-23-30-36-43-56(3)4/h56-61,66H,8-55H2,1-7H3,(H,71,72)(H,73,74)/t58?,59-,60+,61+/m0/s1. The topological polar surface area (TPSA) is 237 Å². The molecule has 498 valence electrons. The van der Waals surface area contributed by atoms with Gasteiger partial charge in [-0.3, -0.25) is 37.3 Å². The fourth-order valence-corrected chi connectivity index (χ4v) is 11.2. The molecule has 0 aliphatic rings. The summed E-state index contributed by atoms with van der Waals surface area (Å²) in [6, 6.07) is 0. The molecule has 3 unspecified atom stereocenters. The molecule has 0 aromatic carbocycles. The molecular weight excluding hydrogens is 1110 g/mol. The number of carbonyl (C=O) groups is 4. The molecule has 0 aliphatic heterocycles. The average molecular weight is 1240 g/mol. The van der Waals surface area contributed by atoms with Gasteiger partial charge in [0.15, 0.2) is 12.2 Å². The number of rotatable bonds is 63. The first-order valence-corrected chi connectivity index (χ1v) is 36.9. The minimum atomic E-state index is -4.95. The molecule has 0 fully saturated rings. The van der Waals surface area contributed by atoms with E-state index in [1.54, 1.807) is 0 Å². The van der Waals surface area contributed by atoms with Gasteiger partial charge in [0.1, 0.15) is 19.3 Å². The van der Waals surface area contributed by atoms with Gasteiger partial charge >= 0.3 is 39.5 Å². The Morgan fingerprint density at radius 2 is 0.607 bits per heavy atom. The number of phosphoric ester groups is 2. The predicted octanol–water partition coefficient (Wildman–Crippen LogP) is 17.9. The molecule has 0 aliphatic carbocycles. The van der Waals surface area contributed by atoms with Crippen molar-refractivity contribution in [1.82, 2.24) is 0 Å². The third kappa shape index (κ3) is 57.8. The highest BCUT2D eigenvalue weighted by atomic mass is 31.2. The largest absolute Gasteiger partial charge is 0.472 e. The van der Waals surface area contributed by atoms with Crippen LogP contribution in [0.4, 0.5) is 0 Å². The van der Waals surface area contributed by atoms with E-state index in [-0.39, 0.29) is 25.7 Å². The van der Waals surface area contributed by atoms with E-state index in [1.807, 2.05) is 0 Å². The first-order valence-electron chi connectivity index (χ1n) is 33.9. The van der Waals surface area contributed by atoms with Gasteiger partial charge in [0.2, 0.25) is 0 Å². The Hall–Kier alpha value is -1.94. The third-order valence-electron chi connectivity index (χ3n) is 15.2. The summed E-state index contributed by atoms with van der Waals surface area (Å²) in [6.07, 6.45) is 38.0. The number of hydrogen-bond acceptors (Lipinski definition) is 15. The van der Waals surface area contributed by atoms with E-state index in [2.05, 4.69) is 48.5 Å². The monoisotopic (exact) mass is 1240 g/mol. The van der Waals surface area contributed by atoms with Crippen LogP contribution >= 0.6 is 15.6 Å². The van der Waals surface area contributed by atoms with E-state index in [0.29, 0.717) is 25.7 Å². The first-order chi connectivity index (χ1) is 40.3.